The molecule has 1 unspecified atom stereocenters. The van der Waals surface area contributed by atoms with E-state index in [1.165, 1.54) is 0 Å². The number of allylic oxidation sites excluding steroid dienone is 4. The maximum atomic E-state index is 13.4. The topological polar surface area (TPSA) is 99.4 Å². The van der Waals surface area contributed by atoms with E-state index in [9.17, 15) is 14.4 Å². The van der Waals surface area contributed by atoms with Gasteiger partial charge in [-0.25, -0.2) is 0 Å². The third kappa shape index (κ3) is 2.93. The molecule has 5 atom stereocenters. The number of carbonyl (C=O) groups excluding carboxylic acids is 3. The summed E-state index contributed by atoms with van der Waals surface area (Å²) in [6.45, 7) is 2.13. The Balaban J connectivity index is 1.38. The number of ether oxygens (including phenoxy) is 1. The van der Waals surface area contributed by atoms with Crippen LogP contribution in [0.1, 0.15) is 37.7 Å². The van der Waals surface area contributed by atoms with Crippen LogP contribution in [0.2, 0.25) is 0 Å². The molecule has 2 N–H and O–H groups in total. The first-order valence-electron chi connectivity index (χ1n) is 11.3. The van der Waals surface area contributed by atoms with E-state index in [1.807, 2.05) is 36.5 Å². The number of nitrogens with two attached hydrogens (primary N) is 1. The van der Waals surface area contributed by atoms with Crippen LogP contribution in [0.4, 0.5) is 0 Å². The zero-order chi connectivity index (χ0) is 22.9. The fourth-order valence-corrected chi connectivity index (χ4v) is 6.17. The molecular formula is C27H24N2O4. The second-order valence-corrected chi connectivity index (χ2v) is 9.84. The minimum absolute atomic E-state index is 0.0579. The highest BCUT2D eigenvalue weighted by atomic mass is 16.5. The van der Waals surface area contributed by atoms with Crippen LogP contribution in [-0.4, -0.2) is 28.6 Å². The standard InChI is InChI=1S/C27H24N2O4/c1-27-6-4-16-9-19-21(30)10-18(26(28)32)11-23(19)33-25(16)20(27)12-22(31)24(27)15-2-3-17-13-29-7-5-14(17)8-15/h2-9,13,18,20,24-25H,10-12H2,1H3,(H2,28,32)/t18?,20-,24-,25+,27-/m0/s1. The van der Waals surface area contributed by atoms with Crippen molar-refractivity contribution in [1.82, 2.24) is 4.98 Å². The highest BCUT2D eigenvalue weighted by Gasteiger charge is 2.57. The number of benzene rings is 1. The number of nitrogens with zero attached hydrogens (tertiary/aromatic N) is 1. The molecule has 1 aromatic heterocycles. The molecule has 1 saturated carbocycles. The lowest BCUT2D eigenvalue weighted by atomic mass is 9.64. The second kappa shape index (κ2) is 6.98. The zero-order valence-electron chi connectivity index (χ0n) is 18.3. The SMILES string of the molecule is C[C@]12C=CC3=CC4=C(CC(C(N)=O)CC4=O)O[C@H]3[C@@H]1CC(=O)[C@@H]2c1ccc2cnccc2c1. The molecule has 1 aliphatic heterocycles. The van der Waals surface area contributed by atoms with Gasteiger partial charge in [-0.2, -0.15) is 0 Å². The van der Waals surface area contributed by atoms with Gasteiger partial charge >= 0.3 is 0 Å². The number of ketones is 2. The summed E-state index contributed by atoms with van der Waals surface area (Å²) in [5.41, 5.74) is 7.52. The van der Waals surface area contributed by atoms with Crippen LogP contribution in [0.5, 0.6) is 0 Å². The Labute approximate surface area is 191 Å². The lowest BCUT2D eigenvalue weighted by molar-refractivity contribution is -0.127. The predicted octanol–water partition coefficient (Wildman–Crippen LogP) is 3.53. The van der Waals surface area contributed by atoms with E-state index in [4.69, 9.17) is 10.5 Å². The number of Topliss-reactive ketones (excluding diaryl/α,β-unsaturated/α-hetero) is 2. The van der Waals surface area contributed by atoms with E-state index in [0.717, 1.165) is 21.9 Å². The molecule has 4 aliphatic rings. The third-order valence-corrected chi connectivity index (χ3v) is 7.94. The number of fused-ring (bicyclic) bond motifs is 4. The van der Waals surface area contributed by atoms with Gasteiger partial charge in [-0.1, -0.05) is 37.3 Å². The van der Waals surface area contributed by atoms with Crippen LogP contribution in [-0.2, 0) is 19.1 Å². The first-order chi connectivity index (χ1) is 15.8. The highest BCUT2D eigenvalue weighted by molar-refractivity contribution is 6.02. The fraction of sp³-hybridized carbons (Fsp3) is 0.333. The van der Waals surface area contributed by atoms with Gasteiger partial charge in [-0.3, -0.25) is 19.4 Å². The Bertz CT molecular complexity index is 1340. The van der Waals surface area contributed by atoms with E-state index in [-0.39, 0.29) is 35.9 Å². The molecule has 2 aromatic rings. The monoisotopic (exact) mass is 440 g/mol. The van der Waals surface area contributed by atoms with Crippen molar-refractivity contribution in [3.05, 3.63) is 77.4 Å². The van der Waals surface area contributed by atoms with Crippen LogP contribution < -0.4 is 5.73 Å². The lowest BCUT2D eigenvalue weighted by Gasteiger charge is -2.44. The number of hydrogen-bond acceptors (Lipinski definition) is 5. The number of carbonyl (C=O) groups is 3. The molecule has 3 aliphatic carbocycles. The summed E-state index contributed by atoms with van der Waals surface area (Å²) in [5, 5.41) is 2.10. The quantitative estimate of drug-likeness (QED) is 0.770. The van der Waals surface area contributed by atoms with Crippen molar-refractivity contribution in [2.24, 2.45) is 23.0 Å². The summed E-state index contributed by atoms with van der Waals surface area (Å²) >= 11 is 0. The number of hydrogen-bond donors (Lipinski definition) is 1. The van der Waals surface area contributed by atoms with Gasteiger partial charge in [-0.05, 0) is 28.7 Å². The molecule has 6 heteroatoms. The number of rotatable bonds is 2. The number of primary amides is 1. The smallest absolute Gasteiger partial charge is 0.221 e. The number of pyridine rings is 1. The van der Waals surface area contributed by atoms with Crippen molar-refractivity contribution in [3.63, 3.8) is 0 Å². The molecule has 0 radical (unpaired) electrons. The van der Waals surface area contributed by atoms with Gasteiger partial charge in [-0.15, -0.1) is 0 Å². The molecule has 166 valence electrons. The Morgan fingerprint density at radius 3 is 2.82 bits per heavy atom. The summed E-state index contributed by atoms with van der Waals surface area (Å²) in [7, 11) is 0. The van der Waals surface area contributed by atoms with Gasteiger partial charge in [0.25, 0.3) is 0 Å². The van der Waals surface area contributed by atoms with E-state index in [1.54, 1.807) is 6.20 Å². The number of aromatic nitrogens is 1. The zero-order valence-corrected chi connectivity index (χ0v) is 18.3. The minimum atomic E-state index is -0.540. The van der Waals surface area contributed by atoms with Crippen molar-refractivity contribution < 1.29 is 19.1 Å². The fourth-order valence-electron chi connectivity index (χ4n) is 6.17. The molecule has 33 heavy (non-hydrogen) atoms. The predicted molar refractivity (Wildman–Crippen MR) is 122 cm³/mol. The Morgan fingerprint density at radius 1 is 1.15 bits per heavy atom. The van der Waals surface area contributed by atoms with Crippen molar-refractivity contribution >= 4 is 28.2 Å². The molecule has 6 rings (SSSR count). The van der Waals surface area contributed by atoms with E-state index >= 15 is 0 Å². The molecule has 1 aromatic carbocycles. The number of amides is 1. The highest BCUT2D eigenvalue weighted by Crippen LogP contribution is 2.58. The summed E-state index contributed by atoms with van der Waals surface area (Å²) in [6, 6.07) is 8.10. The first-order valence-corrected chi connectivity index (χ1v) is 11.3. The summed E-state index contributed by atoms with van der Waals surface area (Å²) < 4.78 is 6.40. The van der Waals surface area contributed by atoms with E-state index in [0.29, 0.717) is 24.2 Å². The normalized spacial score (nSPS) is 32.7. The van der Waals surface area contributed by atoms with Crippen molar-refractivity contribution in [3.8, 4) is 0 Å². The molecular weight excluding hydrogens is 416 g/mol. The molecule has 0 saturated heterocycles. The van der Waals surface area contributed by atoms with Crippen LogP contribution >= 0.6 is 0 Å². The largest absolute Gasteiger partial charge is 0.489 e. The van der Waals surface area contributed by atoms with Gasteiger partial charge in [0.15, 0.2) is 5.78 Å². The van der Waals surface area contributed by atoms with Gasteiger partial charge in [0.1, 0.15) is 17.6 Å². The maximum Gasteiger partial charge on any atom is 0.221 e. The minimum Gasteiger partial charge on any atom is -0.489 e. The van der Waals surface area contributed by atoms with Gasteiger partial charge in [0.2, 0.25) is 5.91 Å². The van der Waals surface area contributed by atoms with Crippen molar-refractivity contribution in [1.29, 1.82) is 0 Å². The van der Waals surface area contributed by atoms with E-state index in [2.05, 4.69) is 24.1 Å². The third-order valence-electron chi connectivity index (χ3n) is 7.94. The average molecular weight is 440 g/mol. The van der Waals surface area contributed by atoms with Gasteiger partial charge in [0.05, 0.1) is 17.4 Å². The van der Waals surface area contributed by atoms with Crippen LogP contribution in [0.3, 0.4) is 0 Å². The Morgan fingerprint density at radius 2 is 2.00 bits per heavy atom. The van der Waals surface area contributed by atoms with Crippen LogP contribution in [0.25, 0.3) is 10.8 Å². The molecule has 6 nitrogen and oxygen atoms in total. The van der Waals surface area contributed by atoms with Crippen LogP contribution in [0.15, 0.2) is 71.8 Å². The Kier molecular flexibility index (Phi) is 4.25. The molecule has 1 amide bonds. The van der Waals surface area contributed by atoms with Crippen molar-refractivity contribution in [2.45, 2.75) is 38.2 Å². The summed E-state index contributed by atoms with van der Waals surface area (Å²) in [4.78, 5) is 41.9. The first kappa shape index (κ1) is 20.1. The van der Waals surface area contributed by atoms with E-state index < -0.39 is 17.2 Å². The van der Waals surface area contributed by atoms with Gasteiger partial charge in [0, 0.05) is 48.4 Å². The van der Waals surface area contributed by atoms with Crippen molar-refractivity contribution in [2.75, 3.05) is 0 Å². The maximum absolute atomic E-state index is 13.4. The molecule has 0 bridgehead atoms. The summed E-state index contributed by atoms with van der Waals surface area (Å²) in [6.07, 6.45) is 10.1. The molecule has 2 heterocycles. The van der Waals surface area contributed by atoms with Gasteiger partial charge < -0.3 is 10.5 Å². The average Bonchev–Trinajstić information content (AvgIpc) is 3.08. The summed E-state index contributed by atoms with van der Waals surface area (Å²) in [5.74, 6) is -0.735. The Hall–Kier alpha value is -3.54. The lowest BCUT2D eigenvalue weighted by Crippen LogP contribution is -2.42. The molecule has 1 fully saturated rings. The van der Waals surface area contributed by atoms with Crippen LogP contribution in [0, 0.1) is 17.3 Å². The second-order valence-electron chi connectivity index (χ2n) is 9.84. The molecule has 0 spiro atoms.